The van der Waals surface area contributed by atoms with E-state index in [4.69, 9.17) is 0 Å². The number of hydrogen-bond donors (Lipinski definition) is 0. The molecule has 0 radical (unpaired) electrons. The molecule has 0 aliphatic rings. The molecule has 1 aromatic carbocycles. The van der Waals surface area contributed by atoms with Crippen LogP contribution in [0.25, 0.3) is 0 Å². The van der Waals surface area contributed by atoms with E-state index < -0.39 is 0 Å². The van der Waals surface area contributed by atoms with Gasteiger partial charge in [-0.3, -0.25) is 4.79 Å². The van der Waals surface area contributed by atoms with Crippen LogP contribution in [-0.4, -0.2) is 36.4 Å². The van der Waals surface area contributed by atoms with Crippen LogP contribution in [0.1, 0.15) is 15.9 Å². The van der Waals surface area contributed by atoms with Gasteiger partial charge in [0.2, 0.25) is 0 Å². The first-order valence-electron chi connectivity index (χ1n) is 5.07. The van der Waals surface area contributed by atoms with Crippen LogP contribution in [0.5, 0.6) is 0 Å². The van der Waals surface area contributed by atoms with Crippen molar-refractivity contribution in [2.75, 3.05) is 25.6 Å². The van der Waals surface area contributed by atoms with Crippen LogP contribution in [0, 0.1) is 6.92 Å². The number of rotatable bonds is 4. The summed E-state index contributed by atoms with van der Waals surface area (Å²) in [6.45, 7) is 2.77. The first-order valence-corrected chi connectivity index (χ1v) is 7.25. The molecule has 0 heterocycles. The molecule has 88 valence electrons. The summed E-state index contributed by atoms with van der Waals surface area (Å²) < 4.78 is 0.860. The third kappa shape index (κ3) is 3.52. The van der Waals surface area contributed by atoms with Crippen molar-refractivity contribution in [1.82, 2.24) is 4.90 Å². The van der Waals surface area contributed by atoms with Crippen molar-refractivity contribution in [3.8, 4) is 0 Å². The fraction of sp³-hybridized carbons (Fsp3) is 0.417. The van der Waals surface area contributed by atoms with Crippen LogP contribution in [0.15, 0.2) is 22.7 Å². The average Bonchev–Trinajstić information content (AvgIpc) is 2.28. The first-order chi connectivity index (χ1) is 7.56. The van der Waals surface area contributed by atoms with Crippen molar-refractivity contribution in [1.29, 1.82) is 0 Å². The van der Waals surface area contributed by atoms with Crippen LogP contribution in [0.4, 0.5) is 0 Å². The highest BCUT2D eigenvalue weighted by molar-refractivity contribution is 9.10. The number of halogens is 1. The summed E-state index contributed by atoms with van der Waals surface area (Å²) in [5, 5.41) is 0. The topological polar surface area (TPSA) is 20.3 Å². The van der Waals surface area contributed by atoms with Crippen LogP contribution < -0.4 is 0 Å². The van der Waals surface area contributed by atoms with Crippen molar-refractivity contribution in [2.24, 2.45) is 0 Å². The van der Waals surface area contributed by atoms with Gasteiger partial charge in [0, 0.05) is 23.8 Å². The van der Waals surface area contributed by atoms with E-state index in [0.717, 1.165) is 27.9 Å². The number of thioether (sulfide) groups is 1. The number of amides is 1. The molecule has 0 aliphatic heterocycles. The molecule has 4 heteroatoms. The molecule has 0 aromatic heterocycles. The highest BCUT2D eigenvalue weighted by Gasteiger charge is 2.14. The Kier molecular flexibility index (Phi) is 5.35. The molecule has 0 bridgehead atoms. The van der Waals surface area contributed by atoms with E-state index in [0.29, 0.717) is 0 Å². The quantitative estimate of drug-likeness (QED) is 0.851. The third-order valence-electron chi connectivity index (χ3n) is 2.33. The van der Waals surface area contributed by atoms with Gasteiger partial charge < -0.3 is 4.90 Å². The summed E-state index contributed by atoms with van der Waals surface area (Å²) in [4.78, 5) is 13.9. The van der Waals surface area contributed by atoms with Gasteiger partial charge in [-0.15, -0.1) is 0 Å². The second kappa shape index (κ2) is 6.30. The normalized spacial score (nSPS) is 10.2. The molecule has 0 saturated carbocycles. The molecule has 1 rings (SSSR count). The van der Waals surface area contributed by atoms with Crippen molar-refractivity contribution in [3.63, 3.8) is 0 Å². The van der Waals surface area contributed by atoms with Gasteiger partial charge in [0.15, 0.2) is 0 Å². The molecule has 0 N–H and O–H groups in total. The Bertz CT molecular complexity index is 381. The number of aryl methyl sites for hydroxylation is 1. The zero-order valence-corrected chi connectivity index (χ0v) is 12.2. The minimum absolute atomic E-state index is 0.0737. The zero-order chi connectivity index (χ0) is 12.1. The summed E-state index contributed by atoms with van der Waals surface area (Å²) in [5.74, 6) is 1.04. The second-order valence-corrected chi connectivity index (χ2v) is 5.54. The van der Waals surface area contributed by atoms with Crippen molar-refractivity contribution in [3.05, 3.63) is 33.8 Å². The Morgan fingerprint density at radius 3 is 2.81 bits per heavy atom. The van der Waals surface area contributed by atoms with E-state index in [1.54, 1.807) is 16.7 Å². The number of hydrogen-bond acceptors (Lipinski definition) is 2. The molecule has 0 spiro atoms. The lowest BCUT2D eigenvalue weighted by Gasteiger charge is -2.17. The molecule has 1 amide bonds. The number of carbonyl (C=O) groups is 1. The molecular weight excluding hydrogens is 286 g/mol. The predicted molar refractivity (Wildman–Crippen MR) is 74.2 cm³/mol. The molecule has 0 saturated heterocycles. The van der Waals surface area contributed by atoms with Gasteiger partial charge in [-0.25, -0.2) is 0 Å². The fourth-order valence-electron chi connectivity index (χ4n) is 1.34. The lowest BCUT2D eigenvalue weighted by Crippen LogP contribution is -2.29. The zero-order valence-electron chi connectivity index (χ0n) is 9.79. The lowest BCUT2D eigenvalue weighted by atomic mass is 10.1. The SMILES string of the molecule is CSCCN(C)C(=O)c1cc(C)ccc1Br. The standard InChI is InChI=1S/C12H16BrNOS/c1-9-4-5-11(13)10(8-9)12(15)14(2)6-7-16-3/h4-5,8H,6-7H2,1-3H3. The Labute approximate surface area is 110 Å². The molecule has 16 heavy (non-hydrogen) atoms. The fourth-order valence-corrected chi connectivity index (χ4v) is 2.21. The van der Waals surface area contributed by atoms with Gasteiger partial charge >= 0.3 is 0 Å². The van der Waals surface area contributed by atoms with E-state index in [-0.39, 0.29) is 5.91 Å². The molecular formula is C12H16BrNOS. The predicted octanol–water partition coefficient (Wildman–Crippen LogP) is 3.19. The van der Waals surface area contributed by atoms with E-state index in [1.807, 2.05) is 38.4 Å². The number of nitrogens with zero attached hydrogens (tertiary/aromatic N) is 1. The Hall–Kier alpha value is -0.480. The number of carbonyl (C=O) groups excluding carboxylic acids is 1. The lowest BCUT2D eigenvalue weighted by molar-refractivity contribution is 0.0803. The van der Waals surface area contributed by atoms with Gasteiger partial charge in [-0.05, 0) is 41.2 Å². The molecule has 1 aromatic rings. The second-order valence-electron chi connectivity index (χ2n) is 3.70. The van der Waals surface area contributed by atoms with Crippen LogP contribution in [-0.2, 0) is 0 Å². The van der Waals surface area contributed by atoms with Crippen molar-refractivity contribution < 1.29 is 4.79 Å². The van der Waals surface area contributed by atoms with Crippen LogP contribution in [0.3, 0.4) is 0 Å². The molecule has 0 unspecified atom stereocenters. The number of benzene rings is 1. The Morgan fingerprint density at radius 2 is 2.19 bits per heavy atom. The minimum Gasteiger partial charge on any atom is -0.341 e. The summed E-state index contributed by atoms with van der Waals surface area (Å²) >= 11 is 5.16. The summed E-state index contributed by atoms with van der Waals surface area (Å²) in [7, 11) is 1.84. The highest BCUT2D eigenvalue weighted by Crippen LogP contribution is 2.19. The van der Waals surface area contributed by atoms with Crippen LogP contribution in [0.2, 0.25) is 0 Å². The van der Waals surface area contributed by atoms with E-state index >= 15 is 0 Å². The van der Waals surface area contributed by atoms with Crippen molar-refractivity contribution in [2.45, 2.75) is 6.92 Å². The van der Waals surface area contributed by atoms with E-state index in [2.05, 4.69) is 15.9 Å². The minimum atomic E-state index is 0.0737. The van der Waals surface area contributed by atoms with E-state index in [9.17, 15) is 4.79 Å². The largest absolute Gasteiger partial charge is 0.341 e. The van der Waals surface area contributed by atoms with Gasteiger partial charge in [0.25, 0.3) is 5.91 Å². The third-order valence-corrected chi connectivity index (χ3v) is 3.61. The van der Waals surface area contributed by atoms with Crippen molar-refractivity contribution >= 4 is 33.6 Å². The van der Waals surface area contributed by atoms with Gasteiger partial charge in [0.1, 0.15) is 0 Å². The Balaban J connectivity index is 2.83. The maximum atomic E-state index is 12.1. The smallest absolute Gasteiger partial charge is 0.254 e. The summed E-state index contributed by atoms with van der Waals surface area (Å²) in [6.07, 6.45) is 2.04. The highest BCUT2D eigenvalue weighted by atomic mass is 79.9. The Morgan fingerprint density at radius 1 is 1.50 bits per heavy atom. The van der Waals surface area contributed by atoms with Gasteiger partial charge in [-0.1, -0.05) is 11.6 Å². The van der Waals surface area contributed by atoms with Crippen LogP contribution >= 0.6 is 27.7 Å². The molecule has 0 atom stereocenters. The van der Waals surface area contributed by atoms with Gasteiger partial charge in [0.05, 0.1) is 5.56 Å². The summed E-state index contributed by atoms with van der Waals surface area (Å²) in [6, 6.07) is 5.83. The monoisotopic (exact) mass is 301 g/mol. The maximum Gasteiger partial charge on any atom is 0.254 e. The van der Waals surface area contributed by atoms with Gasteiger partial charge in [-0.2, -0.15) is 11.8 Å². The molecule has 0 aliphatic carbocycles. The first kappa shape index (κ1) is 13.6. The summed E-state index contributed by atoms with van der Waals surface area (Å²) in [5.41, 5.74) is 1.84. The molecule has 0 fully saturated rings. The maximum absolute atomic E-state index is 12.1. The average molecular weight is 302 g/mol. The van der Waals surface area contributed by atoms with E-state index in [1.165, 1.54) is 0 Å². The molecule has 2 nitrogen and oxygen atoms in total.